The van der Waals surface area contributed by atoms with Crippen molar-refractivity contribution in [3.05, 3.63) is 84.1 Å². The Kier molecular flexibility index (Phi) is 7.99. The molecule has 0 unspecified atom stereocenters. The number of carbonyl (C=O) groups is 2. The van der Waals surface area contributed by atoms with E-state index in [0.29, 0.717) is 30.5 Å². The monoisotopic (exact) mass is 419 g/mol. The van der Waals surface area contributed by atoms with Gasteiger partial charge in [-0.15, -0.1) is 0 Å². The van der Waals surface area contributed by atoms with Gasteiger partial charge in [-0.05, 0) is 30.2 Å². The molecule has 0 saturated heterocycles. The topological polar surface area (TPSA) is 89.5 Å². The zero-order valence-corrected chi connectivity index (χ0v) is 17.3. The lowest BCUT2D eigenvalue weighted by molar-refractivity contribution is -0.125. The highest BCUT2D eigenvalue weighted by molar-refractivity contribution is 5.85. The number of hydrogen-bond acceptors (Lipinski definition) is 5. The zero-order valence-electron chi connectivity index (χ0n) is 17.3. The Hall–Kier alpha value is -3.87. The number of ether oxygens (including phenoxy) is 2. The first-order chi connectivity index (χ1) is 15.1. The van der Waals surface area contributed by atoms with Gasteiger partial charge >= 0.3 is 0 Å². The molecule has 0 spiro atoms. The predicted octanol–water partition coefficient (Wildman–Crippen LogP) is 3.25. The van der Waals surface area contributed by atoms with Crippen LogP contribution in [-0.4, -0.2) is 29.9 Å². The van der Waals surface area contributed by atoms with Crippen LogP contribution in [0.3, 0.4) is 0 Å². The van der Waals surface area contributed by atoms with Crippen LogP contribution in [0.25, 0.3) is 0 Å². The lowest BCUT2D eigenvalue weighted by Crippen LogP contribution is -2.37. The van der Waals surface area contributed by atoms with Crippen molar-refractivity contribution in [2.45, 2.75) is 19.9 Å². The molecule has 0 aliphatic carbocycles. The summed E-state index contributed by atoms with van der Waals surface area (Å²) in [6.07, 6.45) is 1.87. The number of hydrogen-bond donors (Lipinski definition) is 2. The maximum absolute atomic E-state index is 12.0. The van der Waals surface area contributed by atoms with Gasteiger partial charge < -0.3 is 20.1 Å². The van der Waals surface area contributed by atoms with Crippen LogP contribution < -0.4 is 20.1 Å². The van der Waals surface area contributed by atoms with Gasteiger partial charge in [0.25, 0.3) is 0 Å². The quantitative estimate of drug-likeness (QED) is 0.527. The van der Waals surface area contributed by atoms with Crippen LogP contribution in [0.2, 0.25) is 0 Å². The summed E-state index contributed by atoms with van der Waals surface area (Å²) in [4.78, 5) is 28.2. The molecule has 0 fully saturated rings. The summed E-state index contributed by atoms with van der Waals surface area (Å²) in [6, 6.07) is 20.3. The summed E-state index contributed by atoms with van der Waals surface area (Å²) < 4.78 is 11.3. The van der Waals surface area contributed by atoms with E-state index in [1.54, 1.807) is 12.3 Å². The van der Waals surface area contributed by atoms with Gasteiger partial charge in [0.15, 0.2) is 11.5 Å². The maximum atomic E-state index is 12.0. The summed E-state index contributed by atoms with van der Waals surface area (Å²) >= 11 is 0. The van der Waals surface area contributed by atoms with Crippen molar-refractivity contribution in [2.75, 3.05) is 13.2 Å². The minimum absolute atomic E-state index is 0.0749. The molecule has 0 atom stereocenters. The van der Waals surface area contributed by atoms with E-state index in [1.807, 2.05) is 67.6 Å². The number of aromatic nitrogens is 1. The minimum atomic E-state index is -0.271. The van der Waals surface area contributed by atoms with E-state index in [-0.39, 0.29) is 24.8 Å². The summed E-state index contributed by atoms with van der Waals surface area (Å²) in [5.41, 5.74) is 1.71. The van der Waals surface area contributed by atoms with E-state index in [9.17, 15) is 9.59 Å². The first kappa shape index (κ1) is 21.8. The molecule has 3 rings (SSSR count). The summed E-state index contributed by atoms with van der Waals surface area (Å²) in [7, 11) is 0. The van der Waals surface area contributed by atoms with Gasteiger partial charge in [0, 0.05) is 18.8 Å². The van der Waals surface area contributed by atoms with Crippen LogP contribution in [0.1, 0.15) is 18.1 Å². The molecule has 2 amide bonds. The van der Waals surface area contributed by atoms with Crippen LogP contribution in [0, 0.1) is 0 Å². The smallest absolute Gasteiger partial charge is 0.239 e. The number of carbonyl (C=O) groups excluding carboxylic acids is 2. The van der Waals surface area contributed by atoms with E-state index < -0.39 is 0 Å². The number of rotatable bonds is 10. The second-order valence-corrected chi connectivity index (χ2v) is 6.70. The second kappa shape index (κ2) is 11.3. The fourth-order valence-electron chi connectivity index (χ4n) is 2.78. The van der Waals surface area contributed by atoms with Crippen molar-refractivity contribution in [3.8, 4) is 17.4 Å². The third-order valence-electron chi connectivity index (χ3n) is 4.30. The van der Waals surface area contributed by atoms with E-state index in [0.717, 1.165) is 11.1 Å². The molecule has 7 nitrogen and oxygen atoms in total. The fourth-order valence-corrected chi connectivity index (χ4v) is 2.78. The number of pyridine rings is 1. The van der Waals surface area contributed by atoms with Gasteiger partial charge in [0.1, 0.15) is 0 Å². The maximum Gasteiger partial charge on any atom is 0.239 e. The first-order valence-electron chi connectivity index (χ1n) is 10.1. The highest BCUT2D eigenvalue weighted by Gasteiger charge is 2.08. The van der Waals surface area contributed by atoms with E-state index in [4.69, 9.17) is 9.47 Å². The zero-order chi connectivity index (χ0) is 21.9. The van der Waals surface area contributed by atoms with Crippen LogP contribution >= 0.6 is 0 Å². The van der Waals surface area contributed by atoms with Gasteiger partial charge in [-0.3, -0.25) is 9.59 Å². The summed E-state index contributed by atoms with van der Waals surface area (Å²) in [6.45, 7) is 2.68. The standard InChI is InChI=1S/C24H25N3O4/c1-2-30-20-10-6-7-11-21(20)31-24-13-12-19(16-27-24)15-25-23(29)17-26-22(28)14-18-8-4-3-5-9-18/h3-13,16H,2,14-15,17H2,1H3,(H,25,29)(H,26,28). The Labute approximate surface area is 181 Å². The van der Waals surface area contributed by atoms with Crippen LogP contribution in [-0.2, 0) is 22.6 Å². The lowest BCUT2D eigenvalue weighted by atomic mass is 10.1. The predicted molar refractivity (Wildman–Crippen MR) is 117 cm³/mol. The van der Waals surface area contributed by atoms with E-state index in [2.05, 4.69) is 15.6 Å². The Balaban J connectivity index is 1.42. The van der Waals surface area contributed by atoms with Crippen molar-refractivity contribution in [3.63, 3.8) is 0 Å². The number of nitrogens with one attached hydrogen (secondary N) is 2. The molecule has 31 heavy (non-hydrogen) atoms. The highest BCUT2D eigenvalue weighted by atomic mass is 16.5. The van der Waals surface area contributed by atoms with Crippen LogP contribution in [0.4, 0.5) is 0 Å². The average Bonchev–Trinajstić information content (AvgIpc) is 2.79. The van der Waals surface area contributed by atoms with Crippen LogP contribution in [0.15, 0.2) is 72.9 Å². The minimum Gasteiger partial charge on any atom is -0.490 e. The molecule has 2 N–H and O–H groups in total. The normalized spacial score (nSPS) is 10.2. The first-order valence-corrected chi connectivity index (χ1v) is 10.1. The molecule has 0 radical (unpaired) electrons. The number of amides is 2. The lowest BCUT2D eigenvalue weighted by Gasteiger charge is -2.11. The van der Waals surface area contributed by atoms with Gasteiger partial charge in [-0.25, -0.2) is 4.98 Å². The Bertz CT molecular complexity index is 991. The molecule has 1 aromatic heterocycles. The fraction of sp³-hybridized carbons (Fsp3) is 0.208. The molecule has 7 heteroatoms. The third-order valence-corrected chi connectivity index (χ3v) is 4.30. The molecule has 0 saturated carbocycles. The molecule has 160 valence electrons. The second-order valence-electron chi connectivity index (χ2n) is 6.70. The van der Waals surface area contributed by atoms with Crippen molar-refractivity contribution < 1.29 is 19.1 Å². The highest BCUT2D eigenvalue weighted by Crippen LogP contribution is 2.30. The van der Waals surface area contributed by atoms with Crippen molar-refractivity contribution in [1.29, 1.82) is 0 Å². The Morgan fingerprint density at radius 1 is 0.839 bits per heavy atom. The SMILES string of the molecule is CCOc1ccccc1Oc1ccc(CNC(=O)CNC(=O)Cc2ccccc2)cn1. The molecular formula is C24H25N3O4. The van der Waals surface area contributed by atoms with Gasteiger partial charge in [-0.2, -0.15) is 0 Å². The van der Waals surface area contributed by atoms with Gasteiger partial charge in [0.2, 0.25) is 17.7 Å². The third kappa shape index (κ3) is 7.15. The molecule has 2 aromatic carbocycles. The molecule has 3 aromatic rings. The molecule has 0 aliphatic heterocycles. The number of benzene rings is 2. The van der Waals surface area contributed by atoms with E-state index in [1.165, 1.54) is 0 Å². The molecule has 1 heterocycles. The largest absolute Gasteiger partial charge is 0.490 e. The molecular weight excluding hydrogens is 394 g/mol. The molecule has 0 bridgehead atoms. The average molecular weight is 419 g/mol. The number of para-hydroxylation sites is 2. The van der Waals surface area contributed by atoms with Gasteiger partial charge in [-0.1, -0.05) is 48.5 Å². The molecule has 0 aliphatic rings. The van der Waals surface area contributed by atoms with Crippen molar-refractivity contribution >= 4 is 11.8 Å². The summed E-state index contributed by atoms with van der Waals surface area (Å²) in [5.74, 6) is 1.20. The Morgan fingerprint density at radius 3 is 2.29 bits per heavy atom. The Morgan fingerprint density at radius 2 is 1.58 bits per heavy atom. The van der Waals surface area contributed by atoms with E-state index >= 15 is 0 Å². The van der Waals surface area contributed by atoms with Crippen molar-refractivity contribution in [1.82, 2.24) is 15.6 Å². The van der Waals surface area contributed by atoms with Crippen molar-refractivity contribution in [2.24, 2.45) is 0 Å². The van der Waals surface area contributed by atoms with Crippen LogP contribution in [0.5, 0.6) is 17.4 Å². The van der Waals surface area contributed by atoms with Gasteiger partial charge in [0.05, 0.1) is 19.6 Å². The number of nitrogens with zero attached hydrogens (tertiary/aromatic N) is 1. The summed E-state index contributed by atoms with van der Waals surface area (Å²) in [5, 5.41) is 5.38.